The van der Waals surface area contributed by atoms with Crippen molar-refractivity contribution >= 4 is 5.91 Å². The second-order valence-electron chi connectivity index (χ2n) is 5.05. The molecule has 0 atom stereocenters. The van der Waals surface area contributed by atoms with E-state index in [4.69, 9.17) is 0 Å². The van der Waals surface area contributed by atoms with Gasteiger partial charge in [0.25, 0.3) is 0 Å². The van der Waals surface area contributed by atoms with E-state index in [0.29, 0.717) is 6.42 Å². The highest BCUT2D eigenvalue weighted by atomic mass is 16.1. The Kier molecular flexibility index (Phi) is 3.66. The maximum absolute atomic E-state index is 12.0. The van der Waals surface area contributed by atoms with Crippen LogP contribution in [-0.2, 0) is 11.2 Å². The minimum Gasteiger partial charge on any atom is -0.338 e. The molecule has 0 aliphatic heterocycles. The fourth-order valence-electron chi connectivity index (χ4n) is 2.54. The largest absolute Gasteiger partial charge is 0.338 e. The van der Waals surface area contributed by atoms with Gasteiger partial charge >= 0.3 is 0 Å². The SMILES string of the molecule is Cc1ccccc1CC(=O)NC1(C#N)CCCC1. The monoisotopic (exact) mass is 242 g/mol. The Bertz CT molecular complexity index is 482. The van der Waals surface area contributed by atoms with Crippen molar-refractivity contribution in [1.82, 2.24) is 5.32 Å². The summed E-state index contributed by atoms with van der Waals surface area (Å²) in [4.78, 5) is 12.0. The van der Waals surface area contributed by atoms with E-state index >= 15 is 0 Å². The Morgan fingerprint density at radius 3 is 2.67 bits per heavy atom. The van der Waals surface area contributed by atoms with Gasteiger partial charge < -0.3 is 5.32 Å². The Morgan fingerprint density at radius 2 is 2.06 bits per heavy atom. The topological polar surface area (TPSA) is 52.9 Å². The highest BCUT2D eigenvalue weighted by Gasteiger charge is 2.35. The molecule has 0 aromatic heterocycles. The first-order valence-electron chi connectivity index (χ1n) is 6.42. The molecule has 2 rings (SSSR count). The van der Waals surface area contributed by atoms with E-state index in [0.717, 1.165) is 36.8 Å². The van der Waals surface area contributed by atoms with Crippen LogP contribution in [0.2, 0.25) is 0 Å². The van der Waals surface area contributed by atoms with Crippen LogP contribution in [0, 0.1) is 18.3 Å². The van der Waals surface area contributed by atoms with Crippen molar-refractivity contribution in [1.29, 1.82) is 5.26 Å². The normalized spacial score (nSPS) is 17.1. The molecule has 3 nitrogen and oxygen atoms in total. The van der Waals surface area contributed by atoms with Gasteiger partial charge in [-0.2, -0.15) is 5.26 Å². The second kappa shape index (κ2) is 5.22. The number of hydrogen-bond donors (Lipinski definition) is 1. The molecular weight excluding hydrogens is 224 g/mol. The van der Waals surface area contributed by atoms with Crippen molar-refractivity contribution in [2.24, 2.45) is 0 Å². The number of carbonyl (C=O) groups is 1. The van der Waals surface area contributed by atoms with Crippen LogP contribution in [0.15, 0.2) is 24.3 Å². The molecule has 1 aliphatic carbocycles. The van der Waals surface area contributed by atoms with Crippen LogP contribution in [0.3, 0.4) is 0 Å². The molecule has 1 saturated carbocycles. The summed E-state index contributed by atoms with van der Waals surface area (Å²) in [5, 5.41) is 12.1. The van der Waals surface area contributed by atoms with Gasteiger partial charge in [-0.05, 0) is 43.7 Å². The predicted molar refractivity (Wildman–Crippen MR) is 69.8 cm³/mol. The fourth-order valence-corrected chi connectivity index (χ4v) is 2.54. The third-order valence-electron chi connectivity index (χ3n) is 3.66. The van der Waals surface area contributed by atoms with Crippen molar-refractivity contribution in [3.05, 3.63) is 35.4 Å². The molecule has 18 heavy (non-hydrogen) atoms. The number of nitriles is 1. The van der Waals surface area contributed by atoms with Gasteiger partial charge in [-0.1, -0.05) is 24.3 Å². The average Bonchev–Trinajstić information content (AvgIpc) is 2.81. The molecule has 1 aromatic carbocycles. The first kappa shape index (κ1) is 12.6. The van der Waals surface area contributed by atoms with Crippen LogP contribution >= 0.6 is 0 Å². The number of carbonyl (C=O) groups excluding carboxylic acids is 1. The Morgan fingerprint density at radius 1 is 1.39 bits per heavy atom. The summed E-state index contributed by atoms with van der Waals surface area (Å²) in [5.74, 6) is -0.0484. The summed E-state index contributed by atoms with van der Waals surface area (Å²) < 4.78 is 0. The Labute approximate surface area is 108 Å². The van der Waals surface area contributed by atoms with Crippen molar-refractivity contribution in [3.8, 4) is 6.07 Å². The minimum absolute atomic E-state index is 0.0484. The van der Waals surface area contributed by atoms with Crippen LogP contribution in [0.25, 0.3) is 0 Å². The first-order valence-corrected chi connectivity index (χ1v) is 6.42. The van der Waals surface area contributed by atoms with Gasteiger partial charge in [-0.25, -0.2) is 0 Å². The van der Waals surface area contributed by atoms with Crippen LogP contribution in [0.1, 0.15) is 36.8 Å². The van der Waals surface area contributed by atoms with E-state index in [1.54, 1.807) is 0 Å². The fraction of sp³-hybridized carbons (Fsp3) is 0.467. The van der Waals surface area contributed by atoms with Crippen LogP contribution in [0.4, 0.5) is 0 Å². The molecule has 1 fully saturated rings. The number of rotatable bonds is 3. The van der Waals surface area contributed by atoms with E-state index in [2.05, 4.69) is 11.4 Å². The summed E-state index contributed by atoms with van der Waals surface area (Å²) in [5.41, 5.74) is 1.53. The van der Waals surface area contributed by atoms with Gasteiger partial charge in [0.05, 0.1) is 12.5 Å². The Balaban J connectivity index is 2.01. The lowest BCUT2D eigenvalue weighted by atomic mass is 9.98. The molecule has 0 radical (unpaired) electrons. The number of aryl methyl sites for hydroxylation is 1. The lowest BCUT2D eigenvalue weighted by Gasteiger charge is -2.22. The van der Waals surface area contributed by atoms with E-state index in [9.17, 15) is 10.1 Å². The van der Waals surface area contributed by atoms with E-state index in [-0.39, 0.29) is 5.91 Å². The van der Waals surface area contributed by atoms with Gasteiger partial charge in [0.1, 0.15) is 5.54 Å². The zero-order valence-electron chi connectivity index (χ0n) is 10.7. The zero-order valence-corrected chi connectivity index (χ0v) is 10.7. The summed E-state index contributed by atoms with van der Waals surface area (Å²) in [6.07, 6.45) is 3.97. The predicted octanol–water partition coefficient (Wildman–Crippen LogP) is 2.49. The number of nitrogens with zero attached hydrogens (tertiary/aromatic N) is 1. The standard InChI is InChI=1S/C15H18N2O/c1-12-6-2-3-7-13(12)10-14(18)17-15(11-16)8-4-5-9-15/h2-3,6-7H,4-5,8-10H2,1H3,(H,17,18). The van der Waals surface area contributed by atoms with Crippen molar-refractivity contribution in [2.75, 3.05) is 0 Å². The third kappa shape index (κ3) is 2.70. The van der Waals surface area contributed by atoms with Crippen molar-refractivity contribution in [2.45, 2.75) is 44.6 Å². The zero-order chi connectivity index (χ0) is 13.0. The molecule has 0 saturated heterocycles. The van der Waals surface area contributed by atoms with Gasteiger partial charge in [-0.3, -0.25) is 4.79 Å². The van der Waals surface area contributed by atoms with Crippen LogP contribution in [-0.4, -0.2) is 11.4 Å². The number of nitrogens with one attached hydrogen (secondary N) is 1. The number of amides is 1. The van der Waals surface area contributed by atoms with Crippen LogP contribution < -0.4 is 5.32 Å². The molecular formula is C15H18N2O. The smallest absolute Gasteiger partial charge is 0.225 e. The molecule has 0 unspecified atom stereocenters. The third-order valence-corrected chi connectivity index (χ3v) is 3.66. The quantitative estimate of drug-likeness (QED) is 0.885. The van der Waals surface area contributed by atoms with Gasteiger partial charge in [0, 0.05) is 0 Å². The van der Waals surface area contributed by atoms with Gasteiger partial charge in [0.15, 0.2) is 0 Å². The summed E-state index contributed by atoms with van der Waals surface area (Å²) >= 11 is 0. The minimum atomic E-state index is -0.611. The Hall–Kier alpha value is -1.82. The van der Waals surface area contributed by atoms with Gasteiger partial charge in [0.2, 0.25) is 5.91 Å². The van der Waals surface area contributed by atoms with Crippen molar-refractivity contribution in [3.63, 3.8) is 0 Å². The lowest BCUT2D eigenvalue weighted by molar-refractivity contribution is -0.121. The molecule has 1 N–H and O–H groups in total. The van der Waals surface area contributed by atoms with Crippen LogP contribution in [0.5, 0.6) is 0 Å². The number of hydrogen-bond acceptors (Lipinski definition) is 2. The molecule has 1 amide bonds. The highest BCUT2D eigenvalue weighted by Crippen LogP contribution is 2.28. The molecule has 1 aliphatic rings. The molecule has 1 aromatic rings. The summed E-state index contributed by atoms with van der Waals surface area (Å²) in [7, 11) is 0. The van der Waals surface area contributed by atoms with Crippen molar-refractivity contribution < 1.29 is 4.79 Å². The summed E-state index contributed by atoms with van der Waals surface area (Å²) in [6, 6.07) is 10.1. The molecule has 94 valence electrons. The maximum atomic E-state index is 12.0. The van der Waals surface area contributed by atoms with E-state index in [1.807, 2.05) is 31.2 Å². The lowest BCUT2D eigenvalue weighted by Crippen LogP contribution is -2.45. The number of benzene rings is 1. The van der Waals surface area contributed by atoms with E-state index < -0.39 is 5.54 Å². The molecule has 0 bridgehead atoms. The second-order valence-corrected chi connectivity index (χ2v) is 5.05. The first-order chi connectivity index (χ1) is 8.65. The molecule has 0 heterocycles. The highest BCUT2D eigenvalue weighted by molar-refractivity contribution is 5.80. The summed E-state index contributed by atoms with van der Waals surface area (Å²) in [6.45, 7) is 2.00. The molecule has 0 spiro atoms. The molecule has 3 heteroatoms. The maximum Gasteiger partial charge on any atom is 0.225 e. The van der Waals surface area contributed by atoms with E-state index in [1.165, 1.54) is 0 Å². The average molecular weight is 242 g/mol. The van der Waals surface area contributed by atoms with Gasteiger partial charge in [-0.15, -0.1) is 0 Å².